The Balaban J connectivity index is 2.11. The van der Waals surface area contributed by atoms with Crippen molar-refractivity contribution in [2.75, 3.05) is 0 Å². The fourth-order valence-corrected chi connectivity index (χ4v) is 1.80. The number of rotatable bonds is 1. The first-order valence-electron chi connectivity index (χ1n) is 4.43. The number of aromatic nitrogens is 1. The molecule has 0 radical (unpaired) electrons. The van der Waals surface area contributed by atoms with Gasteiger partial charge in [-0.05, 0) is 26.2 Å². The minimum absolute atomic E-state index is 0.349. The predicted octanol–water partition coefficient (Wildman–Crippen LogP) is 1.58. The maximum absolute atomic E-state index is 5.80. The molecule has 1 aromatic heterocycles. The van der Waals surface area contributed by atoms with Crippen LogP contribution >= 0.6 is 0 Å². The molecule has 0 spiro atoms. The number of hydrogen-bond donors (Lipinski definition) is 1. The summed E-state index contributed by atoms with van der Waals surface area (Å²) >= 11 is 0. The predicted molar refractivity (Wildman–Crippen MR) is 45.8 cm³/mol. The molecule has 0 saturated heterocycles. The van der Waals surface area contributed by atoms with Crippen LogP contribution in [0.5, 0.6) is 0 Å². The molecule has 66 valence electrons. The first-order chi connectivity index (χ1) is 5.75. The van der Waals surface area contributed by atoms with Crippen molar-refractivity contribution in [2.45, 2.75) is 38.1 Å². The van der Waals surface area contributed by atoms with E-state index in [0.717, 1.165) is 30.9 Å². The summed E-state index contributed by atoms with van der Waals surface area (Å²) < 4.78 is 5.45. The van der Waals surface area contributed by atoms with Crippen LogP contribution in [0, 0.1) is 6.92 Å². The molecule has 0 bridgehead atoms. The Morgan fingerprint density at radius 3 is 2.92 bits per heavy atom. The molecule has 0 unspecified atom stereocenters. The van der Waals surface area contributed by atoms with Gasteiger partial charge in [0, 0.05) is 12.0 Å². The second-order valence-corrected chi connectivity index (χ2v) is 3.58. The minimum Gasteiger partial charge on any atom is -0.446 e. The number of oxazole rings is 1. The summed E-state index contributed by atoms with van der Waals surface area (Å²) in [4.78, 5) is 4.21. The van der Waals surface area contributed by atoms with Gasteiger partial charge in [0.15, 0.2) is 5.89 Å². The van der Waals surface area contributed by atoms with Gasteiger partial charge in [0.2, 0.25) is 0 Å². The molecule has 1 heterocycles. The summed E-state index contributed by atoms with van der Waals surface area (Å²) in [5, 5.41) is 0. The van der Waals surface area contributed by atoms with Crippen LogP contribution in [0.15, 0.2) is 10.6 Å². The molecule has 1 aromatic rings. The van der Waals surface area contributed by atoms with E-state index >= 15 is 0 Å². The first kappa shape index (κ1) is 7.80. The fourth-order valence-electron chi connectivity index (χ4n) is 1.80. The third-order valence-electron chi connectivity index (χ3n) is 2.46. The highest BCUT2D eigenvalue weighted by Gasteiger charge is 2.26. The van der Waals surface area contributed by atoms with Crippen LogP contribution in [-0.2, 0) is 0 Å². The molecule has 0 amide bonds. The van der Waals surface area contributed by atoms with Gasteiger partial charge >= 0.3 is 0 Å². The Kier molecular flexibility index (Phi) is 1.89. The Bertz CT molecular complexity index is 269. The summed E-state index contributed by atoms with van der Waals surface area (Å²) in [6.07, 6.45) is 5.03. The number of nitrogens with two attached hydrogens (primary N) is 1. The third kappa shape index (κ3) is 1.37. The van der Waals surface area contributed by atoms with Crippen LogP contribution in [0.4, 0.5) is 0 Å². The highest BCUT2D eigenvalue weighted by atomic mass is 16.4. The van der Waals surface area contributed by atoms with Crippen LogP contribution in [-0.4, -0.2) is 11.0 Å². The van der Waals surface area contributed by atoms with Crippen molar-refractivity contribution >= 4 is 0 Å². The maximum atomic E-state index is 5.80. The zero-order valence-electron chi connectivity index (χ0n) is 7.29. The quantitative estimate of drug-likeness (QED) is 0.689. The van der Waals surface area contributed by atoms with Gasteiger partial charge in [-0.2, -0.15) is 0 Å². The fraction of sp³-hybridized carbons (Fsp3) is 0.667. The topological polar surface area (TPSA) is 52.0 Å². The Morgan fingerprint density at radius 2 is 2.42 bits per heavy atom. The first-order valence-corrected chi connectivity index (χ1v) is 4.43. The summed E-state index contributed by atoms with van der Waals surface area (Å²) in [5.74, 6) is 2.24. The van der Waals surface area contributed by atoms with Gasteiger partial charge < -0.3 is 10.2 Å². The molecule has 1 aliphatic carbocycles. The lowest BCUT2D eigenvalue weighted by Gasteiger charge is -2.02. The molecule has 3 heteroatoms. The SMILES string of the molecule is Cc1cnc([C@@H]2CC[C@H](N)C2)o1. The Labute approximate surface area is 72.0 Å². The lowest BCUT2D eigenvalue weighted by molar-refractivity contribution is 0.429. The van der Waals surface area contributed by atoms with Crippen molar-refractivity contribution in [2.24, 2.45) is 5.73 Å². The molecule has 1 fully saturated rings. The van der Waals surface area contributed by atoms with E-state index in [1.54, 1.807) is 6.20 Å². The smallest absolute Gasteiger partial charge is 0.197 e. The molecular weight excluding hydrogens is 152 g/mol. The zero-order valence-corrected chi connectivity index (χ0v) is 7.29. The summed E-state index contributed by atoms with van der Waals surface area (Å²) in [7, 11) is 0. The van der Waals surface area contributed by atoms with Crippen LogP contribution in [0.1, 0.15) is 36.8 Å². The van der Waals surface area contributed by atoms with Gasteiger partial charge in [-0.3, -0.25) is 0 Å². The molecule has 0 aliphatic heterocycles. The third-order valence-corrected chi connectivity index (χ3v) is 2.46. The van der Waals surface area contributed by atoms with Crippen LogP contribution in [0.25, 0.3) is 0 Å². The highest BCUT2D eigenvalue weighted by Crippen LogP contribution is 2.32. The molecule has 2 rings (SSSR count). The average Bonchev–Trinajstić information content (AvgIpc) is 2.58. The van der Waals surface area contributed by atoms with Gasteiger partial charge in [-0.15, -0.1) is 0 Å². The van der Waals surface area contributed by atoms with E-state index in [2.05, 4.69) is 4.98 Å². The van der Waals surface area contributed by atoms with Gasteiger partial charge in [0.25, 0.3) is 0 Å². The van der Waals surface area contributed by atoms with Crippen molar-refractivity contribution in [3.05, 3.63) is 17.8 Å². The number of hydrogen-bond acceptors (Lipinski definition) is 3. The molecule has 2 atom stereocenters. The van der Waals surface area contributed by atoms with Crippen molar-refractivity contribution in [1.82, 2.24) is 4.98 Å². The second-order valence-electron chi connectivity index (χ2n) is 3.58. The van der Waals surface area contributed by atoms with Crippen molar-refractivity contribution < 1.29 is 4.42 Å². The number of nitrogens with zero attached hydrogens (tertiary/aromatic N) is 1. The molecule has 3 nitrogen and oxygen atoms in total. The van der Waals surface area contributed by atoms with Gasteiger partial charge in [-0.25, -0.2) is 4.98 Å². The van der Waals surface area contributed by atoms with Crippen LogP contribution < -0.4 is 5.73 Å². The van der Waals surface area contributed by atoms with Crippen molar-refractivity contribution in [1.29, 1.82) is 0 Å². The maximum Gasteiger partial charge on any atom is 0.197 e. The monoisotopic (exact) mass is 166 g/mol. The van der Waals surface area contributed by atoms with Crippen LogP contribution in [0.2, 0.25) is 0 Å². The van der Waals surface area contributed by atoms with Crippen LogP contribution in [0.3, 0.4) is 0 Å². The summed E-state index contributed by atoms with van der Waals surface area (Å²) in [5.41, 5.74) is 5.80. The van der Waals surface area contributed by atoms with E-state index in [0.29, 0.717) is 12.0 Å². The largest absolute Gasteiger partial charge is 0.446 e. The normalized spacial score (nSPS) is 29.5. The average molecular weight is 166 g/mol. The number of aryl methyl sites for hydroxylation is 1. The van der Waals surface area contributed by atoms with Gasteiger partial charge in [-0.1, -0.05) is 0 Å². The standard InChI is InChI=1S/C9H14N2O/c1-6-5-11-9(12-6)7-2-3-8(10)4-7/h5,7-8H,2-4,10H2,1H3/t7-,8+/m1/s1. The van der Waals surface area contributed by atoms with E-state index < -0.39 is 0 Å². The Morgan fingerprint density at radius 1 is 1.58 bits per heavy atom. The van der Waals surface area contributed by atoms with Crippen molar-refractivity contribution in [3.8, 4) is 0 Å². The molecule has 1 saturated carbocycles. The van der Waals surface area contributed by atoms with E-state index in [9.17, 15) is 0 Å². The van der Waals surface area contributed by atoms with E-state index in [-0.39, 0.29) is 0 Å². The minimum atomic E-state index is 0.349. The summed E-state index contributed by atoms with van der Waals surface area (Å²) in [6.45, 7) is 1.92. The lowest BCUT2D eigenvalue weighted by Crippen LogP contribution is -2.14. The van der Waals surface area contributed by atoms with E-state index in [4.69, 9.17) is 10.2 Å². The van der Waals surface area contributed by atoms with Gasteiger partial charge in [0.1, 0.15) is 5.76 Å². The van der Waals surface area contributed by atoms with Gasteiger partial charge in [0.05, 0.1) is 6.20 Å². The molecule has 12 heavy (non-hydrogen) atoms. The molecule has 1 aliphatic rings. The van der Waals surface area contributed by atoms with E-state index in [1.807, 2.05) is 6.92 Å². The molecular formula is C9H14N2O. The zero-order chi connectivity index (χ0) is 8.55. The highest BCUT2D eigenvalue weighted by molar-refractivity contribution is 5.01. The van der Waals surface area contributed by atoms with E-state index in [1.165, 1.54) is 0 Å². The van der Waals surface area contributed by atoms with Crippen molar-refractivity contribution in [3.63, 3.8) is 0 Å². The second kappa shape index (κ2) is 2.90. The molecule has 0 aromatic carbocycles. The summed E-state index contributed by atoms with van der Waals surface area (Å²) in [6, 6.07) is 0.349. The molecule has 2 N–H and O–H groups in total. The lowest BCUT2D eigenvalue weighted by atomic mass is 10.1. The Hall–Kier alpha value is -0.830.